The molecule has 3 nitrogen and oxygen atoms in total. The number of carbonyl (C=O) groups is 1. The first-order valence-electron chi connectivity index (χ1n) is 7.71. The zero-order chi connectivity index (χ0) is 13.8. The number of fused-ring (bicyclic) bond motifs is 1. The first-order chi connectivity index (χ1) is 9.84. The predicted molar refractivity (Wildman–Crippen MR) is 81.9 cm³/mol. The number of nitrogens with one attached hydrogen (secondary N) is 2. The molecular weight excluding hydrogens is 248 g/mol. The summed E-state index contributed by atoms with van der Waals surface area (Å²) >= 11 is 0. The molecule has 3 heteroatoms. The van der Waals surface area contributed by atoms with Crippen molar-refractivity contribution in [3.63, 3.8) is 0 Å². The van der Waals surface area contributed by atoms with Crippen molar-refractivity contribution >= 4 is 16.8 Å². The molecule has 2 aromatic rings. The van der Waals surface area contributed by atoms with Crippen molar-refractivity contribution in [2.45, 2.75) is 51.0 Å². The minimum absolute atomic E-state index is 0.0702. The first kappa shape index (κ1) is 13.2. The number of carbonyl (C=O) groups excluding carboxylic acids is 1. The van der Waals surface area contributed by atoms with Crippen molar-refractivity contribution in [1.82, 2.24) is 10.3 Å². The Morgan fingerprint density at radius 1 is 1.05 bits per heavy atom. The lowest BCUT2D eigenvalue weighted by molar-refractivity contribution is 0.0932. The zero-order valence-electron chi connectivity index (χ0n) is 11.8. The summed E-state index contributed by atoms with van der Waals surface area (Å²) in [5.74, 6) is 0.0702. The highest BCUT2D eigenvalue weighted by atomic mass is 16.1. The summed E-state index contributed by atoms with van der Waals surface area (Å²) in [5, 5.41) is 4.24. The van der Waals surface area contributed by atoms with Gasteiger partial charge in [0, 0.05) is 28.7 Å². The number of hydrogen-bond donors (Lipinski definition) is 2. The van der Waals surface area contributed by atoms with Crippen LogP contribution in [0.2, 0.25) is 0 Å². The van der Waals surface area contributed by atoms with E-state index < -0.39 is 0 Å². The molecule has 0 saturated heterocycles. The Labute approximate surface area is 119 Å². The standard InChI is InChI=1S/C17H22N2O/c20-17(19-13-7-4-2-1-3-5-8-13)15-9-6-10-16-14(15)11-12-18-16/h6,9-13,18H,1-5,7-8H2,(H,19,20). The maximum atomic E-state index is 12.5. The van der Waals surface area contributed by atoms with E-state index in [1.54, 1.807) is 0 Å². The van der Waals surface area contributed by atoms with Gasteiger partial charge in [-0.15, -0.1) is 0 Å². The summed E-state index contributed by atoms with van der Waals surface area (Å²) in [4.78, 5) is 15.7. The van der Waals surface area contributed by atoms with Crippen molar-refractivity contribution < 1.29 is 4.79 Å². The van der Waals surface area contributed by atoms with E-state index in [9.17, 15) is 4.79 Å². The molecule has 1 aromatic carbocycles. The van der Waals surface area contributed by atoms with Gasteiger partial charge in [-0.1, -0.05) is 38.2 Å². The lowest BCUT2D eigenvalue weighted by atomic mass is 9.96. The number of benzene rings is 1. The van der Waals surface area contributed by atoms with Crippen LogP contribution in [0.1, 0.15) is 55.3 Å². The Morgan fingerprint density at radius 3 is 2.60 bits per heavy atom. The number of hydrogen-bond acceptors (Lipinski definition) is 1. The number of H-pyrrole nitrogens is 1. The SMILES string of the molecule is O=C(NC1CCCCCCC1)c1cccc2[nH]ccc12. The van der Waals surface area contributed by atoms with E-state index in [2.05, 4.69) is 10.3 Å². The second kappa shape index (κ2) is 6.12. The molecule has 2 N–H and O–H groups in total. The molecule has 0 spiro atoms. The van der Waals surface area contributed by atoms with Gasteiger partial charge < -0.3 is 10.3 Å². The molecule has 1 fully saturated rings. The molecule has 1 aliphatic carbocycles. The maximum absolute atomic E-state index is 12.5. The smallest absolute Gasteiger partial charge is 0.252 e. The van der Waals surface area contributed by atoms with E-state index >= 15 is 0 Å². The Kier molecular flexibility index (Phi) is 4.05. The minimum Gasteiger partial charge on any atom is -0.361 e. The lowest BCUT2D eigenvalue weighted by Gasteiger charge is -2.21. The summed E-state index contributed by atoms with van der Waals surface area (Å²) in [6.45, 7) is 0. The van der Waals surface area contributed by atoms with Crippen LogP contribution in [-0.4, -0.2) is 16.9 Å². The minimum atomic E-state index is 0.0702. The molecule has 0 radical (unpaired) electrons. The summed E-state index contributed by atoms with van der Waals surface area (Å²) in [5.41, 5.74) is 1.81. The number of amides is 1. The molecule has 1 amide bonds. The van der Waals surface area contributed by atoms with Crippen LogP contribution in [-0.2, 0) is 0 Å². The fourth-order valence-corrected chi connectivity index (χ4v) is 3.15. The van der Waals surface area contributed by atoms with Crippen LogP contribution < -0.4 is 5.32 Å². The van der Waals surface area contributed by atoms with E-state index in [0.29, 0.717) is 6.04 Å². The van der Waals surface area contributed by atoms with Crippen LogP contribution in [0, 0.1) is 0 Å². The van der Waals surface area contributed by atoms with Gasteiger partial charge in [0.15, 0.2) is 0 Å². The maximum Gasteiger partial charge on any atom is 0.252 e. The van der Waals surface area contributed by atoms with Gasteiger partial charge in [0.05, 0.1) is 0 Å². The topological polar surface area (TPSA) is 44.9 Å². The Bertz CT molecular complexity index is 579. The van der Waals surface area contributed by atoms with E-state index in [4.69, 9.17) is 0 Å². The fourth-order valence-electron chi connectivity index (χ4n) is 3.15. The Balaban J connectivity index is 1.73. The van der Waals surface area contributed by atoms with Gasteiger partial charge in [0.25, 0.3) is 5.91 Å². The third-order valence-corrected chi connectivity index (χ3v) is 4.28. The van der Waals surface area contributed by atoms with Crippen LogP contribution in [0.25, 0.3) is 10.9 Å². The third-order valence-electron chi connectivity index (χ3n) is 4.28. The Morgan fingerprint density at radius 2 is 1.80 bits per heavy atom. The largest absolute Gasteiger partial charge is 0.361 e. The highest BCUT2D eigenvalue weighted by Gasteiger charge is 2.16. The molecule has 0 aliphatic heterocycles. The average molecular weight is 270 g/mol. The monoisotopic (exact) mass is 270 g/mol. The van der Waals surface area contributed by atoms with Crippen LogP contribution in [0.15, 0.2) is 30.5 Å². The number of rotatable bonds is 2. The summed E-state index contributed by atoms with van der Waals surface area (Å²) in [6.07, 6.45) is 10.6. The van der Waals surface area contributed by atoms with Crippen molar-refractivity contribution in [3.05, 3.63) is 36.0 Å². The van der Waals surface area contributed by atoms with Crippen LogP contribution in [0.5, 0.6) is 0 Å². The van der Waals surface area contributed by atoms with E-state index in [1.165, 1.54) is 32.1 Å². The molecule has 1 aromatic heterocycles. The molecule has 106 valence electrons. The van der Waals surface area contributed by atoms with E-state index in [1.807, 2.05) is 30.5 Å². The summed E-state index contributed by atoms with van der Waals surface area (Å²) in [6, 6.07) is 8.17. The van der Waals surface area contributed by atoms with Gasteiger partial charge in [-0.05, 0) is 31.0 Å². The molecule has 0 bridgehead atoms. The van der Waals surface area contributed by atoms with Gasteiger partial charge in [0.2, 0.25) is 0 Å². The molecule has 3 rings (SSSR count). The Hall–Kier alpha value is -1.77. The highest BCUT2D eigenvalue weighted by molar-refractivity contribution is 6.06. The normalized spacial score (nSPS) is 17.6. The second-order valence-electron chi connectivity index (χ2n) is 5.76. The molecular formula is C17H22N2O. The van der Waals surface area contributed by atoms with Gasteiger partial charge in [-0.25, -0.2) is 0 Å². The van der Waals surface area contributed by atoms with Gasteiger partial charge in [-0.3, -0.25) is 4.79 Å². The van der Waals surface area contributed by atoms with E-state index in [-0.39, 0.29) is 5.91 Å². The number of aromatic amines is 1. The second-order valence-corrected chi connectivity index (χ2v) is 5.76. The molecule has 0 atom stereocenters. The first-order valence-corrected chi connectivity index (χ1v) is 7.71. The molecule has 1 saturated carbocycles. The average Bonchev–Trinajstić information content (AvgIpc) is 2.89. The highest BCUT2D eigenvalue weighted by Crippen LogP contribution is 2.20. The molecule has 0 unspecified atom stereocenters. The van der Waals surface area contributed by atoms with Crippen LogP contribution in [0.4, 0.5) is 0 Å². The fraction of sp³-hybridized carbons (Fsp3) is 0.471. The van der Waals surface area contributed by atoms with Gasteiger partial charge >= 0.3 is 0 Å². The van der Waals surface area contributed by atoms with Gasteiger partial charge in [0.1, 0.15) is 0 Å². The predicted octanol–water partition coefficient (Wildman–Crippen LogP) is 4.01. The van der Waals surface area contributed by atoms with Crippen LogP contribution in [0.3, 0.4) is 0 Å². The third kappa shape index (κ3) is 2.87. The summed E-state index contributed by atoms with van der Waals surface area (Å²) < 4.78 is 0. The summed E-state index contributed by atoms with van der Waals surface area (Å²) in [7, 11) is 0. The van der Waals surface area contributed by atoms with Crippen LogP contribution >= 0.6 is 0 Å². The van der Waals surface area contributed by atoms with Gasteiger partial charge in [-0.2, -0.15) is 0 Å². The van der Waals surface area contributed by atoms with Crippen molar-refractivity contribution in [3.8, 4) is 0 Å². The van der Waals surface area contributed by atoms with Crippen molar-refractivity contribution in [1.29, 1.82) is 0 Å². The quantitative estimate of drug-likeness (QED) is 0.851. The lowest BCUT2D eigenvalue weighted by Crippen LogP contribution is -2.35. The number of aromatic nitrogens is 1. The van der Waals surface area contributed by atoms with E-state index in [0.717, 1.165) is 29.3 Å². The van der Waals surface area contributed by atoms with Crippen molar-refractivity contribution in [2.75, 3.05) is 0 Å². The molecule has 1 heterocycles. The zero-order valence-corrected chi connectivity index (χ0v) is 11.8. The van der Waals surface area contributed by atoms with Crippen molar-refractivity contribution in [2.24, 2.45) is 0 Å². The molecule has 1 aliphatic rings. The molecule has 20 heavy (non-hydrogen) atoms.